The van der Waals surface area contributed by atoms with Crippen LogP contribution >= 0.6 is 0 Å². The fourth-order valence-electron chi connectivity index (χ4n) is 2.75. The molecule has 0 aliphatic carbocycles. The standard InChI is InChI=1S/C10H7NO2S.C9H11NO2/c12-14(13)10-6-5-9(11-14)7-3-1-2-4-8(7)10;10-8(9(11)12)6-7-4-2-1-3-5-7/h1-6,11H;1-5,8H,6,10H2,(H,11,12)/t;8-/m.0/s1. The molecule has 6 nitrogen and oxygen atoms in total. The summed E-state index contributed by atoms with van der Waals surface area (Å²) in [6, 6.07) is 19.5. The minimum atomic E-state index is -3.29. The highest BCUT2D eigenvalue weighted by Crippen LogP contribution is 2.35. The summed E-state index contributed by atoms with van der Waals surface area (Å²) in [5, 5.41) is 10.3. The fraction of sp³-hybridized carbons (Fsp3) is 0.105. The second kappa shape index (κ2) is 7.15. The van der Waals surface area contributed by atoms with Gasteiger partial charge in [0.1, 0.15) is 6.04 Å². The Morgan fingerprint density at radius 1 is 0.962 bits per heavy atom. The molecule has 7 heteroatoms. The van der Waals surface area contributed by atoms with Crippen molar-refractivity contribution < 1.29 is 18.3 Å². The van der Waals surface area contributed by atoms with Gasteiger partial charge in [-0.15, -0.1) is 0 Å². The monoisotopic (exact) mass is 370 g/mol. The second-order valence-corrected chi connectivity index (χ2v) is 7.55. The number of fused-ring (bicyclic) bond motifs is 2. The number of nitrogens with two attached hydrogens (primary N) is 1. The largest absolute Gasteiger partial charge is 0.480 e. The maximum Gasteiger partial charge on any atom is 0.320 e. The highest BCUT2D eigenvalue weighted by molar-refractivity contribution is 7.93. The van der Waals surface area contributed by atoms with Crippen LogP contribution in [0, 0.1) is 0 Å². The SMILES string of the molecule is N[C@@H](Cc1ccccc1)C(=O)O.O=S1(=O)Nc2ccc1c1ccccc21. The molecule has 0 spiro atoms. The van der Waals surface area contributed by atoms with Crippen molar-refractivity contribution in [2.45, 2.75) is 17.4 Å². The minimum absolute atomic E-state index is 0.364. The number of carboxylic acids is 1. The molecule has 0 fully saturated rings. The molecule has 0 aromatic heterocycles. The van der Waals surface area contributed by atoms with E-state index in [-0.39, 0.29) is 0 Å². The fourth-order valence-corrected chi connectivity index (χ4v) is 4.04. The summed E-state index contributed by atoms with van der Waals surface area (Å²) in [6.45, 7) is 0. The predicted molar refractivity (Wildman–Crippen MR) is 101 cm³/mol. The van der Waals surface area contributed by atoms with Gasteiger partial charge >= 0.3 is 5.97 Å². The minimum Gasteiger partial charge on any atom is -0.480 e. The maximum atomic E-state index is 11.6. The molecule has 3 aromatic carbocycles. The number of rotatable bonds is 3. The van der Waals surface area contributed by atoms with Crippen LogP contribution in [0.2, 0.25) is 0 Å². The Morgan fingerprint density at radius 2 is 1.58 bits per heavy atom. The average molecular weight is 370 g/mol. The van der Waals surface area contributed by atoms with Gasteiger partial charge in [0.25, 0.3) is 10.0 Å². The number of nitrogens with one attached hydrogen (secondary N) is 1. The van der Waals surface area contributed by atoms with Crippen molar-refractivity contribution in [3.8, 4) is 0 Å². The summed E-state index contributed by atoms with van der Waals surface area (Å²) in [5.74, 6) is -0.959. The average Bonchev–Trinajstić information content (AvgIpc) is 2.63. The van der Waals surface area contributed by atoms with Crippen LogP contribution in [0.25, 0.3) is 10.8 Å². The highest BCUT2D eigenvalue weighted by atomic mass is 32.2. The van der Waals surface area contributed by atoms with Crippen molar-refractivity contribution >= 4 is 32.5 Å². The van der Waals surface area contributed by atoms with Gasteiger partial charge in [0.05, 0.1) is 10.6 Å². The predicted octanol–water partition coefficient (Wildman–Crippen LogP) is 2.60. The van der Waals surface area contributed by atoms with E-state index >= 15 is 0 Å². The Hall–Kier alpha value is -2.90. The number of hydrogen-bond acceptors (Lipinski definition) is 4. The second-order valence-electron chi connectivity index (χ2n) is 5.90. The Balaban J connectivity index is 0.000000153. The molecule has 4 N–H and O–H groups in total. The van der Waals surface area contributed by atoms with Gasteiger partial charge < -0.3 is 10.8 Å². The number of carboxylic acid groups (broad SMARTS) is 1. The third kappa shape index (κ3) is 3.68. The van der Waals surface area contributed by atoms with Crippen LogP contribution in [0.3, 0.4) is 0 Å². The van der Waals surface area contributed by atoms with Gasteiger partial charge in [-0.05, 0) is 24.1 Å². The Labute approximate surface area is 151 Å². The lowest BCUT2D eigenvalue weighted by Gasteiger charge is -2.19. The van der Waals surface area contributed by atoms with Gasteiger partial charge in [-0.25, -0.2) is 8.42 Å². The van der Waals surface area contributed by atoms with Crippen LogP contribution in [0.1, 0.15) is 5.56 Å². The van der Waals surface area contributed by atoms with Gasteiger partial charge in [0.2, 0.25) is 0 Å². The number of hydrogen-bond donors (Lipinski definition) is 3. The van der Waals surface area contributed by atoms with E-state index in [2.05, 4.69) is 4.72 Å². The molecule has 0 saturated heterocycles. The van der Waals surface area contributed by atoms with Crippen molar-refractivity contribution in [1.82, 2.24) is 0 Å². The smallest absolute Gasteiger partial charge is 0.320 e. The molecule has 5 rings (SSSR count). The summed E-state index contributed by atoms with van der Waals surface area (Å²) in [7, 11) is -3.29. The van der Waals surface area contributed by atoms with Crippen LogP contribution in [0.4, 0.5) is 5.69 Å². The normalized spacial score (nSPS) is 14.8. The number of sulfonamides is 1. The van der Waals surface area contributed by atoms with Gasteiger partial charge in [-0.2, -0.15) is 0 Å². The van der Waals surface area contributed by atoms with Gasteiger partial charge in [0.15, 0.2) is 0 Å². The Kier molecular flexibility index (Phi) is 4.92. The Morgan fingerprint density at radius 3 is 2.19 bits per heavy atom. The molecular formula is C19H18N2O4S. The van der Waals surface area contributed by atoms with Crippen LogP contribution in [-0.2, 0) is 21.2 Å². The first-order chi connectivity index (χ1) is 12.4. The summed E-state index contributed by atoms with van der Waals surface area (Å²) in [5.41, 5.74) is 6.96. The van der Waals surface area contributed by atoms with Gasteiger partial charge in [0, 0.05) is 10.8 Å². The molecule has 134 valence electrons. The lowest BCUT2D eigenvalue weighted by Crippen LogP contribution is -2.32. The van der Waals surface area contributed by atoms with Crippen molar-refractivity contribution in [1.29, 1.82) is 0 Å². The molecular weight excluding hydrogens is 352 g/mol. The quantitative estimate of drug-likeness (QED) is 0.656. The maximum absolute atomic E-state index is 11.6. The van der Waals surface area contributed by atoms with E-state index in [1.165, 1.54) is 0 Å². The van der Waals surface area contributed by atoms with Crippen molar-refractivity contribution in [3.05, 3.63) is 72.3 Å². The van der Waals surface area contributed by atoms with E-state index < -0.39 is 22.0 Å². The van der Waals surface area contributed by atoms with Crippen molar-refractivity contribution in [2.24, 2.45) is 5.73 Å². The van der Waals surface area contributed by atoms with Gasteiger partial charge in [-0.1, -0.05) is 54.6 Å². The lowest BCUT2D eigenvalue weighted by molar-refractivity contribution is -0.138. The first kappa shape index (κ1) is 17.9. The first-order valence-corrected chi connectivity index (χ1v) is 9.44. The molecule has 2 aliphatic heterocycles. The summed E-state index contributed by atoms with van der Waals surface area (Å²) in [6.07, 6.45) is 0.385. The lowest BCUT2D eigenvalue weighted by atomic mass is 10.1. The molecule has 3 aromatic rings. The third-order valence-corrected chi connectivity index (χ3v) is 5.46. The molecule has 0 radical (unpaired) electrons. The number of carbonyl (C=O) groups is 1. The zero-order valence-corrected chi connectivity index (χ0v) is 14.6. The number of benzene rings is 3. The van der Waals surface area contributed by atoms with Crippen molar-refractivity contribution in [3.63, 3.8) is 0 Å². The number of aliphatic carboxylic acids is 1. The highest BCUT2D eigenvalue weighted by Gasteiger charge is 2.24. The van der Waals surface area contributed by atoms with E-state index in [0.717, 1.165) is 16.3 Å². The molecule has 1 atom stereocenters. The van der Waals surface area contributed by atoms with E-state index in [9.17, 15) is 13.2 Å². The summed E-state index contributed by atoms with van der Waals surface area (Å²) in [4.78, 5) is 10.7. The van der Waals surface area contributed by atoms with E-state index in [4.69, 9.17) is 10.8 Å². The van der Waals surface area contributed by atoms with E-state index in [1.54, 1.807) is 12.1 Å². The summed E-state index contributed by atoms with van der Waals surface area (Å²) < 4.78 is 25.7. The van der Waals surface area contributed by atoms with Crippen LogP contribution < -0.4 is 10.5 Å². The number of anilines is 1. The summed E-state index contributed by atoms with van der Waals surface area (Å²) >= 11 is 0. The topological polar surface area (TPSA) is 109 Å². The van der Waals surface area contributed by atoms with E-state index in [0.29, 0.717) is 17.0 Å². The molecule has 26 heavy (non-hydrogen) atoms. The molecule has 0 saturated carbocycles. The molecule has 0 unspecified atom stereocenters. The molecule has 2 aliphatic rings. The van der Waals surface area contributed by atoms with E-state index in [1.807, 2.05) is 54.6 Å². The molecule has 0 amide bonds. The van der Waals surface area contributed by atoms with Crippen molar-refractivity contribution in [2.75, 3.05) is 4.72 Å². The Bertz CT molecular complexity index is 1050. The molecule has 2 heterocycles. The zero-order valence-electron chi connectivity index (χ0n) is 13.8. The molecule has 2 bridgehead atoms. The van der Waals surface area contributed by atoms with Crippen LogP contribution in [0.15, 0.2) is 71.6 Å². The zero-order chi connectivity index (χ0) is 18.7. The first-order valence-electron chi connectivity index (χ1n) is 7.95. The van der Waals surface area contributed by atoms with Gasteiger partial charge in [-0.3, -0.25) is 9.52 Å². The van der Waals surface area contributed by atoms with Crippen LogP contribution in [-0.4, -0.2) is 25.5 Å². The van der Waals surface area contributed by atoms with Crippen LogP contribution in [0.5, 0.6) is 0 Å². The third-order valence-electron chi connectivity index (χ3n) is 4.03.